The van der Waals surface area contributed by atoms with Gasteiger partial charge >= 0.3 is 5.97 Å². The molecule has 0 radical (unpaired) electrons. The Labute approximate surface area is 169 Å². The van der Waals surface area contributed by atoms with Crippen molar-refractivity contribution >= 4 is 29.2 Å². The van der Waals surface area contributed by atoms with Crippen molar-refractivity contribution in [3.05, 3.63) is 54.1 Å². The standard InChI is InChI=1S/C22H24N2O5/c1-3-15-8-10-17(11-9-15)24-13-16(12-21(24)26)22(27)29-14-20(25)23-18-6-4-5-7-19(18)28-2/h4-11,16H,3,12-14H2,1-2H3,(H,23,25)/t16-/m0/s1. The first kappa shape index (κ1) is 20.4. The van der Waals surface area contributed by atoms with Crippen molar-refractivity contribution in [2.24, 2.45) is 5.92 Å². The number of nitrogens with one attached hydrogen (secondary N) is 1. The lowest BCUT2D eigenvalue weighted by molar-refractivity contribution is -0.151. The molecule has 0 unspecified atom stereocenters. The minimum atomic E-state index is -0.590. The molecular weight excluding hydrogens is 372 g/mol. The van der Waals surface area contributed by atoms with Crippen LogP contribution in [0, 0.1) is 5.92 Å². The van der Waals surface area contributed by atoms with Crippen molar-refractivity contribution in [1.29, 1.82) is 0 Å². The van der Waals surface area contributed by atoms with E-state index in [-0.39, 0.29) is 18.9 Å². The summed E-state index contributed by atoms with van der Waals surface area (Å²) in [6.07, 6.45) is 0.989. The smallest absolute Gasteiger partial charge is 0.311 e. The van der Waals surface area contributed by atoms with Crippen LogP contribution in [0.3, 0.4) is 0 Å². The molecule has 2 aromatic rings. The molecule has 1 aliphatic rings. The molecule has 7 nitrogen and oxygen atoms in total. The van der Waals surface area contributed by atoms with E-state index in [1.54, 1.807) is 29.2 Å². The molecule has 0 aromatic heterocycles. The molecular formula is C22H24N2O5. The second kappa shape index (κ2) is 9.23. The van der Waals surface area contributed by atoms with Crippen LogP contribution in [0.5, 0.6) is 5.75 Å². The van der Waals surface area contributed by atoms with Crippen LogP contribution in [-0.2, 0) is 25.5 Å². The van der Waals surface area contributed by atoms with E-state index in [0.29, 0.717) is 11.4 Å². The normalized spacial score (nSPS) is 15.9. The fourth-order valence-electron chi connectivity index (χ4n) is 3.22. The lowest BCUT2D eigenvalue weighted by Crippen LogP contribution is -2.28. The second-order valence-corrected chi connectivity index (χ2v) is 6.78. The third kappa shape index (κ3) is 4.93. The van der Waals surface area contributed by atoms with E-state index in [9.17, 15) is 14.4 Å². The highest BCUT2D eigenvalue weighted by Gasteiger charge is 2.36. The highest BCUT2D eigenvalue weighted by atomic mass is 16.5. The molecule has 29 heavy (non-hydrogen) atoms. The van der Waals surface area contributed by atoms with Crippen molar-refractivity contribution in [3.63, 3.8) is 0 Å². The fraction of sp³-hybridized carbons (Fsp3) is 0.318. The molecule has 3 rings (SSSR count). The molecule has 1 N–H and O–H groups in total. The molecule has 0 saturated carbocycles. The third-order valence-electron chi connectivity index (χ3n) is 4.84. The van der Waals surface area contributed by atoms with Crippen LogP contribution in [0.1, 0.15) is 18.9 Å². The molecule has 1 saturated heterocycles. The lowest BCUT2D eigenvalue weighted by atomic mass is 10.1. The molecule has 1 heterocycles. The Bertz CT molecular complexity index is 894. The van der Waals surface area contributed by atoms with Crippen molar-refractivity contribution in [2.45, 2.75) is 19.8 Å². The summed E-state index contributed by atoms with van der Waals surface area (Å²) in [6.45, 7) is 1.89. The Hall–Kier alpha value is -3.35. The minimum Gasteiger partial charge on any atom is -0.495 e. The number of esters is 1. The minimum absolute atomic E-state index is 0.0719. The van der Waals surface area contributed by atoms with Gasteiger partial charge in [0.25, 0.3) is 5.91 Å². The zero-order valence-corrected chi connectivity index (χ0v) is 16.5. The predicted octanol–water partition coefficient (Wildman–Crippen LogP) is 2.79. The molecule has 152 valence electrons. The number of carbonyl (C=O) groups excluding carboxylic acids is 3. The molecule has 1 aliphatic heterocycles. The van der Waals surface area contributed by atoms with E-state index in [1.807, 2.05) is 24.3 Å². The number of rotatable bonds is 7. The van der Waals surface area contributed by atoms with Crippen LogP contribution < -0.4 is 15.0 Å². The maximum absolute atomic E-state index is 12.3. The van der Waals surface area contributed by atoms with Gasteiger partial charge in [0.05, 0.1) is 18.7 Å². The van der Waals surface area contributed by atoms with E-state index in [1.165, 1.54) is 12.7 Å². The SMILES string of the molecule is CCc1ccc(N2C[C@@H](C(=O)OCC(=O)Nc3ccccc3OC)CC2=O)cc1. The number of ether oxygens (including phenoxy) is 2. The average Bonchev–Trinajstić information content (AvgIpc) is 3.14. The number of para-hydroxylation sites is 2. The number of aryl methyl sites for hydroxylation is 1. The third-order valence-corrected chi connectivity index (χ3v) is 4.84. The highest BCUT2D eigenvalue weighted by Crippen LogP contribution is 2.26. The van der Waals surface area contributed by atoms with Crippen LogP contribution in [0.2, 0.25) is 0 Å². The Kier molecular flexibility index (Phi) is 6.49. The molecule has 1 atom stereocenters. The Morgan fingerprint density at radius 3 is 2.55 bits per heavy atom. The number of amides is 2. The van der Waals surface area contributed by atoms with Gasteiger partial charge in [0.2, 0.25) is 5.91 Å². The van der Waals surface area contributed by atoms with Gasteiger partial charge < -0.3 is 19.7 Å². The first-order valence-electron chi connectivity index (χ1n) is 9.50. The fourth-order valence-corrected chi connectivity index (χ4v) is 3.22. The molecule has 2 aromatic carbocycles. The van der Waals surface area contributed by atoms with E-state index in [0.717, 1.165) is 12.1 Å². The van der Waals surface area contributed by atoms with Gasteiger partial charge in [-0.05, 0) is 36.2 Å². The summed E-state index contributed by atoms with van der Waals surface area (Å²) in [7, 11) is 1.50. The monoisotopic (exact) mass is 396 g/mol. The van der Waals surface area contributed by atoms with Crippen LogP contribution in [0.4, 0.5) is 11.4 Å². The zero-order valence-electron chi connectivity index (χ0n) is 16.5. The maximum atomic E-state index is 12.3. The van der Waals surface area contributed by atoms with E-state index < -0.39 is 24.4 Å². The van der Waals surface area contributed by atoms with Crippen molar-refractivity contribution in [3.8, 4) is 5.75 Å². The highest BCUT2D eigenvalue weighted by molar-refractivity contribution is 6.00. The second-order valence-electron chi connectivity index (χ2n) is 6.78. The summed E-state index contributed by atoms with van der Waals surface area (Å²) in [5.74, 6) is -1.24. The van der Waals surface area contributed by atoms with Gasteiger partial charge in [0.15, 0.2) is 6.61 Å². The average molecular weight is 396 g/mol. The maximum Gasteiger partial charge on any atom is 0.311 e. The van der Waals surface area contributed by atoms with Crippen LogP contribution in [0.15, 0.2) is 48.5 Å². The molecule has 1 fully saturated rings. The van der Waals surface area contributed by atoms with Crippen LogP contribution in [0.25, 0.3) is 0 Å². The number of nitrogens with zero attached hydrogens (tertiary/aromatic N) is 1. The summed E-state index contributed by atoms with van der Waals surface area (Å²) in [5.41, 5.74) is 2.43. The first-order valence-corrected chi connectivity index (χ1v) is 9.50. The lowest BCUT2D eigenvalue weighted by Gasteiger charge is -2.17. The summed E-state index contributed by atoms with van der Waals surface area (Å²) in [6, 6.07) is 14.6. The van der Waals surface area contributed by atoms with Crippen LogP contribution >= 0.6 is 0 Å². The van der Waals surface area contributed by atoms with Gasteiger partial charge in [-0.2, -0.15) is 0 Å². The van der Waals surface area contributed by atoms with E-state index in [2.05, 4.69) is 12.2 Å². The Morgan fingerprint density at radius 2 is 1.86 bits per heavy atom. The van der Waals surface area contributed by atoms with E-state index >= 15 is 0 Å². The molecule has 0 aliphatic carbocycles. The molecule has 0 bridgehead atoms. The van der Waals surface area contributed by atoms with Gasteiger partial charge in [0.1, 0.15) is 5.75 Å². The molecule has 0 spiro atoms. The van der Waals surface area contributed by atoms with Gasteiger partial charge in [-0.15, -0.1) is 0 Å². The number of hydrogen-bond donors (Lipinski definition) is 1. The quantitative estimate of drug-likeness (QED) is 0.728. The van der Waals surface area contributed by atoms with Crippen molar-refractivity contribution in [2.75, 3.05) is 30.5 Å². The Balaban J connectivity index is 1.53. The zero-order chi connectivity index (χ0) is 20.8. The summed E-state index contributed by atoms with van der Waals surface area (Å²) < 4.78 is 10.3. The van der Waals surface area contributed by atoms with Crippen molar-refractivity contribution < 1.29 is 23.9 Å². The van der Waals surface area contributed by atoms with Crippen molar-refractivity contribution in [1.82, 2.24) is 0 Å². The molecule has 2 amide bonds. The van der Waals surface area contributed by atoms with Crippen LogP contribution in [-0.4, -0.2) is 38.0 Å². The summed E-state index contributed by atoms with van der Waals surface area (Å²) in [4.78, 5) is 38.3. The topological polar surface area (TPSA) is 84.9 Å². The largest absolute Gasteiger partial charge is 0.495 e. The molecule has 7 heteroatoms. The van der Waals surface area contributed by atoms with Gasteiger partial charge in [0, 0.05) is 18.7 Å². The van der Waals surface area contributed by atoms with E-state index in [4.69, 9.17) is 9.47 Å². The summed E-state index contributed by atoms with van der Waals surface area (Å²) >= 11 is 0. The number of methoxy groups -OCH3 is 1. The number of hydrogen-bond acceptors (Lipinski definition) is 5. The van der Waals surface area contributed by atoms with Gasteiger partial charge in [-0.3, -0.25) is 14.4 Å². The number of carbonyl (C=O) groups is 3. The Morgan fingerprint density at radius 1 is 1.14 bits per heavy atom. The first-order chi connectivity index (χ1) is 14.0. The van der Waals surface area contributed by atoms with Gasteiger partial charge in [-0.25, -0.2) is 0 Å². The van der Waals surface area contributed by atoms with Gasteiger partial charge in [-0.1, -0.05) is 31.2 Å². The number of anilines is 2. The number of benzene rings is 2. The summed E-state index contributed by atoms with van der Waals surface area (Å²) in [5, 5.41) is 2.64. The predicted molar refractivity (Wildman–Crippen MR) is 109 cm³/mol.